The van der Waals surface area contributed by atoms with Crippen LogP contribution in [0.4, 0.5) is 0 Å². The van der Waals surface area contributed by atoms with Gasteiger partial charge in [-0.2, -0.15) is 5.26 Å². The van der Waals surface area contributed by atoms with Crippen LogP contribution in [0.15, 0.2) is 53.5 Å². The third kappa shape index (κ3) is 5.01. The van der Waals surface area contributed by atoms with Crippen molar-refractivity contribution in [3.8, 4) is 6.07 Å². The first-order valence-corrected chi connectivity index (χ1v) is 7.72. The van der Waals surface area contributed by atoms with E-state index in [-0.39, 0.29) is 6.04 Å². The summed E-state index contributed by atoms with van der Waals surface area (Å²) in [5.41, 5.74) is 2.77. The van der Waals surface area contributed by atoms with Crippen LogP contribution in [0, 0.1) is 11.3 Å². The number of aliphatic imine (C=N–C) groups is 1. The number of guanidine groups is 1. The molecule has 1 atom stereocenters. The van der Waals surface area contributed by atoms with E-state index >= 15 is 0 Å². The highest BCUT2D eigenvalue weighted by Crippen LogP contribution is 2.17. The van der Waals surface area contributed by atoms with Gasteiger partial charge in [0.2, 0.25) is 0 Å². The molecule has 0 radical (unpaired) electrons. The Morgan fingerprint density at radius 1 is 1.26 bits per heavy atom. The Balaban J connectivity index is 1.96. The number of nitrogens with zero attached hydrogens (tertiary/aromatic N) is 2. The molecule has 0 saturated carbocycles. The van der Waals surface area contributed by atoms with Gasteiger partial charge in [0.1, 0.15) is 0 Å². The van der Waals surface area contributed by atoms with Gasteiger partial charge in [-0.05, 0) is 42.3 Å². The van der Waals surface area contributed by atoms with E-state index in [0.29, 0.717) is 23.1 Å². The number of nitriles is 1. The molecular weight excluding hydrogens is 308 g/mol. The highest BCUT2D eigenvalue weighted by molar-refractivity contribution is 6.30. The highest BCUT2D eigenvalue weighted by atomic mass is 35.5. The standard InChI is InChI=1S/C18H19ClN4/c1-13(16-7-4-8-17(19)10-16)23-18(21-2)22-12-15-6-3-5-14(9-15)11-20/h3-10,13H,12H2,1-2H3,(H2,21,22,23). The van der Waals surface area contributed by atoms with E-state index in [2.05, 4.69) is 28.6 Å². The third-order valence-electron chi connectivity index (χ3n) is 3.44. The van der Waals surface area contributed by atoms with Crippen molar-refractivity contribution >= 4 is 17.6 Å². The number of benzene rings is 2. The van der Waals surface area contributed by atoms with Gasteiger partial charge >= 0.3 is 0 Å². The Kier molecular flexibility index (Phi) is 6.02. The molecule has 0 fully saturated rings. The lowest BCUT2D eigenvalue weighted by Crippen LogP contribution is -2.38. The van der Waals surface area contributed by atoms with Gasteiger partial charge in [-0.15, -0.1) is 0 Å². The fraction of sp³-hybridized carbons (Fsp3) is 0.222. The van der Waals surface area contributed by atoms with E-state index < -0.39 is 0 Å². The van der Waals surface area contributed by atoms with Gasteiger partial charge in [-0.1, -0.05) is 35.9 Å². The molecule has 0 amide bonds. The third-order valence-corrected chi connectivity index (χ3v) is 3.68. The van der Waals surface area contributed by atoms with Crippen LogP contribution >= 0.6 is 11.6 Å². The Hall–Kier alpha value is -2.51. The molecule has 0 aliphatic heterocycles. The summed E-state index contributed by atoms with van der Waals surface area (Å²) in [6.07, 6.45) is 0. The largest absolute Gasteiger partial charge is 0.352 e. The van der Waals surface area contributed by atoms with Crippen LogP contribution in [0.25, 0.3) is 0 Å². The number of hydrogen-bond donors (Lipinski definition) is 2. The molecule has 2 aromatic carbocycles. The monoisotopic (exact) mass is 326 g/mol. The molecule has 0 heterocycles. The quantitative estimate of drug-likeness (QED) is 0.666. The van der Waals surface area contributed by atoms with Crippen LogP contribution in [0.1, 0.15) is 29.7 Å². The zero-order chi connectivity index (χ0) is 16.7. The van der Waals surface area contributed by atoms with Crippen molar-refractivity contribution in [3.05, 3.63) is 70.2 Å². The predicted molar refractivity (Wildman–Crippen MR) is 94.4 cm³/mol. The molecular formula is C18H19ClN4. The van der Waals surface area contributed by atoms with E-state index in [1.54, 1.807) is 13.1 Å². The summed E-state index contributed by atoms with van der Waals surface area (Å²) in [6, 6.07) is 17.5. The Labute approximate surface area is 141 Å². The predicted octanol–water partition coefficient (Wildman–Crippen LogP) is 3.64. The van der Waals surface area contributed by atoms with Gasteiger partial charge < -0.3 is 10.6 Å². The van der Waals surface area contributed by atoms with Gasteiger partial charge in [0.25, 0.3) is 0 Å². The summed E-state index contributed by atoms with van der Waals surface area (Å²) in [4.78, 5) is 4.23. The molecule has 4 nitrogen and oxygen atoms in total. The molecule has 118 valence electrons. The normalized spacial score (nSPS) is 12.3. The van der Waals surface area contributed by atoms with E-state index in [1.807, 2.05) is 42.5 Å². The van der Waals surface area contributed by atoms with E-state index in [1.165, 1.54) is 0 Å². The van der Waals surface area contributed by atoms with Gasteiger partial charge in [-0.3, -0.25) is 4.99 Å². The second kappa shape index (κ2) is 8.21. The second-order valence-electron chi connectivity index (χ2n) is 5.16. The van der Waals surface area contributed by atoms with Crippen molar-refractivity contribution in [2.45, 2.75) is 19.5 Å². The van der Waals surface area contributed by atoms with Gasteiger partial charge in [0.15, 0.2) is 5.96 Å². The minimum absolute atomic E-state index is 0.0744. The summed E-state index contributed by atoms with van der Waals surface area (Å²) >= 11 is 6.03. The Morgan fingerprint density at radius 3 is 2.74 bits per heavy atom. The number of halogens is 1. The molecule has 2 N–H and O–H groups in total. The average molecular weight is 327 g/mol. The SMILES string of the molecule is CN=C(NCc1cccc(C#N)c1)NC(C)c1cccc(Cl)c1. The van der Waals surface area contributed by atoms with Crippen molar-refractivity contribution in [2.24, 2.45) is 4.99 Å². The molecule has 0 aliphatic carbocycles. The molecule has 2 rings (SSSR count). The van der Waals surface area contributed by atoms with Crippen LogP contribution in [-0.4, -0.2) is 13.0 Å². The van der Waals surface area contributed by atoms with Gasteiger partial charge in [-0.25, -0.2) is 0 Å². The van der Waals surface area contributed by atoms with Crippen molar-refractivity contribution in [1.29, 1.82) is 5.26 Å². The molecule has 0 aliphatic rings. The van der Waals surface area contributed by atoms with Crippen LogP contribution in [0.2, 0.25) is 5.02 Å². The average Bonchev–Trinajstić information content (AvgIpc) is 2.58. The Morgan fingerprint density at radius 2 is 2.04 bits per heavy atom. The van der Waals surface area contributed by atoms with Crippen molar-refractivity contribution in [2.75, 3.05) is 7.05 Å². The molecule has 0 bridgehead atoms. The van der Waals surface area contributed by atoms with Crippen LogP contribution in [0.5, 0.6) is 0 Å². The van der Waals surface area contributed by atoms with E-state index in [9.17, 15) is 0 Å². The number of rotatable bonds is 4. The van der Waals surface area contributed by atoms with Crippen LogP contribution in [-0.2, 0) is 6.54 Å². The second-order valence-corrected chi connectivity index (χ2v) is 5.60. The number of hydrogen-bond acceptors (Lipinski definition) is 2. The minimum atomic E-state index is 0.0744. The maximum Gasteiger partial charge on any atom is 0.191 e. The first-order chi connectivity index (χ1) is 11.1. The molecule has 5 heteroatoms. The lowest BCUT2D eigenvalue weighted by atomic mass is 10.1. The van der Waals surface area contributed by atoms with E-state index in [0.717, 1.165) is 11.1 Å². The lowest BCUT2D eigenvalue weighted by Gasteiger charge is -2.18. The molecule has 23 heavy (non-hydrogen) atoms. The van der Waals surface area contributed by atoms with Gasteiger partial charge in [0.05, 0.1) is 17.7 Å². The molecule has 2 aromatic rings. The van der Waals surface area contributed by atoms with Crippen molar-refractivity contribution in [1.82, 2.24) is 10.6 Å². The maximum absolute atomic E-state index is 8.94. The Bertz CT molecular complexity index is 734. The molecule has 1 unspecified atom stereocenters. The topological polar surface area (TPSA) is 60.2 Å². The summed E-state index contributed by atoms with van der Waals surface area (Å²) in [5.74, 6) is 0.694. The number of nitrogens with one attached hydrogen (secondary N) is 2. The summed E-state index contributed by atoms with van der Waals surface area (Å²) in [6.45, 7) is 2.65. The van der Waals surface area contributed by atoms with Crippen LogP contribution < -0.4 is 10.6 Å². The molecule has 0 saturated heterocycles. The summed E-state index contributed by atoms with van der Waals surface area (Å²) in [5, 5.41) is 16.2. The maximum atomic E-state index is 8.94. The zero-order valence-corrected chi connectivity index (χ0v) is 13.9. The smallest absolute Gasteiger partial charge is 0.191 e. The fourth-order valence-electron chi connectivity index (χ4n) is 2.20. The zero-order valence-electron chi connectivity index (χ0n) is 13.2. The minimum Gasteiger partial charge on any atom is -0.352 e. The first-order valence-electron chi connectivity index (χ1n) is 7.34. The van der Waals surface area contributed by atoms with Gasteiger partial charge in [0, 0.05) is 18.6 Å². The summed E-state index contributed by atoms with van der Waals surface area (Å²) in [7, 11) is 1.73. The van der Waals surface area contributed by atoms with E-state index in [4.69, 9.17) is 16.9 Å². The fourth-order valence-corrected chi connectivity index (χ4v) is 2.39. The lowest BCUT2D eigenvalue weighted by molar-refractivity contribution is 0.685. The first kappa shape index (κ1) is 16.9. The summed E-state index contributed by atoms with van der Waals surface area (Å²) < 4.78 is 0. The van der Waals surface area contributed by atoms with Crippen molar-refractivity contribution < 1.29 is 0 Å². The van der Waals surface area contributed by atoms with Crippen LogP contribution in [0.3, 0.4) is 0 Å². The molecule has 0 spiro atoms. The molecule has 0 aromatic heterocycles. The van der Waals surface area contributed by atoms with Crippen molar-refractivity contribution in [3.63, 3.8) is 0 Å². The highest BCUT2D eigenvalue weighted by Gasteiger charge is 2.08.